The number of aryl methyl sites for hydroxylation is 1. The predicted octanol–water partition coefficient (Wildman–Crippen LogP) is 1.74. The molecule has 5 heteroatoms. The van der Waals surface area contributed by atoms with Crippen LogP contribution in [0.1, 0.15) is 29.0 Å². The summed E-state index contributed by atoms with van der Waals surface area (Å²) in [7, 11) is 0. The average Bonchev–Trinajstić information content (AvgIpc) is 2.70. The monoisotopic (exact) mass is 237 g/mol. The number of hydrogen-bond donors (Lipinski definition) is 2. The number of allylic oxidation sites excluding steroid dienone is 1. The van der Waals surface area contributed by atoms with Gasteiger partial charge in [-0.2, -0.15) is 0 Å². The molecule has 1 unspecified atom stereocenters. The predicted molar refractivity (Wildman–Crippen MR) is 61.8 cm³/mol. The number of nitrogens with one attached hydrogen (secondary N) is 1. The fraction of sp³-hybridized carbons (Fsp3) is 0.333. The molecule has 0 saturated heterocycles. The number of carboxylic acids is 1. The van der Waals surface area contributed by atoms with Crippen molar-refractivity contribution >= 4 is 11.9 Å². The molecule has 1 amide bonds. The highest BCUT2D eigenvalue weighted by molar-refractivity contribution is 5.95. The molecule has 2 N–H and O–H groups in total. The van der Waals surface area contributed by atoms with E-state index in [1.807, 2.05) is 0 Å². The number of furan rings is 1. The number of carboxylic acid groups (broad SMARTS) is 1. The van der Waals surface area contributed by atoms with E-state index in [0.29, 0.717) is 18.4 Å². The topological polar surface area (TPSA) is 79.5 Å². The van der Waals surface area contributed by atoms with E-state index in [-0.39, 0.29) is 5.76 Å². The summed E-state index contributed by atoms with van der Waals surface area (Å²) in [6.07, 6.45) is 3.84. The van der Waals surface area contributed by atoms with Gasteiger partial charge in [0.2, 0.25) is 0 Å². The maximum absolute atomic E-state index is 11.7. The Kier molecular flexibility index (Phi) is 4.51. The number of carbonyl (C=O) groups excluding carboxylic acids is 1. The lowest BCUT2D eigenvalue weighted by Crippen LogP contribution is -2.40. The third kappa shape index (κ3) is 3.48. The normalized spacial score (nSPS) is 11.8. The van der Waals surface area contributed by atoms with E-state index in [1.165, 1.54) is 6.26 Å². The Morgan fingerprint density at radius 1 is 1.65 bits per heavy atom. The van der Waals surface area contributed by atoms with Crippen molar-refractivity contribution in [2.75, 3.05) is 0 Å². The van der Waals surface area contributed by atoms with Gasteiger partial charge in [0.25, 0.3) is 5.91 Å². The lowest BCUT2D eigenvalue weighted by molar-refractivity contribution is -0.139. The number of aliphatic carboxylic acids is 1. The molecule has 0 saturated carbocycles. The van der Waals surface area contributed by atoms with Crippen LogP contribution in [0.4, 0.5) is 0 Å². The molecule has 0 fully saturated rings. The molecule has 0 spiro atoms. The summed E-state index contributed by atoms with van der Waals surface area (Å²) >= 11 is 0. The summed E-state index contributed by atoms with van der Waals surface area (Å²) < 4.78 is 4.99. The van der Waals surface area contributed by atoms with Crippen LogP contribution in [0.3, 0.4) is 0 Å². The fourth-order valence-electron chi connectivity index (χ4n) is 1.37. The Morgan fingerprint density at radius 3 is 2.82 bits per heavy atom. The van der Waals surface area contributed by atoms with Gasteiger partial charge in [0.1, 0.15) is 6.04 Å². The molecular formula is C12H15NO4. The lowest BCUT2D eigenvalue weighted by atomic mass is 10.1. The number of rotatable bonds is 6. The second-order valence-corrected chi connectivity index (χ2v) is 3.66. The van der Waals surface area contributed by atoms with E-state index in [2.05, 4.69) is 11.9 Å². The molecule has 1 aromatic heterocycles. The second-order valence-electron chi connectivity index (χ2n) is 3.66. The van der Waals surface area contributed by atoms with Crippen LogP contribution in [0.5, 0.6) is 0 Å². The highest BCUT2D eigenvalue weighted by Crippen LogP contribution is 2.09. The number of carbonyl (C=O) groups is 2. The van der Waals surface area contributed by atoms with E-state index in [9.17, 15) is 9.59 Å². The minimum atomic E-state index is -1.07. The van der Waals surface area contributed by atoms with Gasteiger partial charge >= 0.3 is 5.97 Å². The largest absolute Gasteiger partial charge is 0.480 e. The van der Waals surface area contributed by atoms with Crippen LogP contribution in [0, 0.1) is 6.92 Å². The molecule has 1 rings (SSSR count). The van der Waals surface area contributed by atoms with Crippen molar-refractivity contribution in [1.82, 2.24) is 5.32 Å². The van der Waals surface area contributed by atoms with E-state index in [1.54, 1.807) is 19.1 Å². The molecule has 1 atom stereocenters. The van der Waals surface area contributed by atoms with Crippen LogP contribution in [-0.4, -0.2) is 23.0 Å². The number of hydrogen-bond acceptors (Lipinski definition) is 3. The Balaban J connectivity index is 2.67. The van der Waals surface area contributed by atoms with Crippen molar-refractivity contribution in [2.45, 2.75) is 25.8 Å². The van der Waals surface area contributed by atoms with Gasteiger partial charge in [-0.05, 0) is 25.8 Å². The van der Waals surface area contributed by atoms with Gasteiger partial charge in [-0.15, -0.1) is 6.58 Å². The van der Waals surface area contributed by atoms with Crippen molar-refractivity contribution in [1.29, 1.82) is 0 Å². The van der Waals surface area contributed by atoms with Gasteiger partial charge < -0.3 is 14.8 Å². The maximum Gasteiger partial charge on any atom is 0.326 e. The quantitative estimate of drug-likeness (QED) is 0.738. The Bertz CT molecular complexity index is 422. The molecule has 0 aliphatic rings. The fourth-order valence-corrected chi connectivity index (χ4v) is 1.37. The first-order valence-corrected chi connectivity index (χ1v) is 5.25. The molecule has 0 bridgehead atoms. The molecule has 0 aliphatic carbocycles. The van der Waals surface area contributed by atoms with Gasteiger partial charge in [-0.25, -0.2) is 4.79 Å². The maximum atomic E-state index is 11.7. The first kappa shape index (κ1) is 13.0. The van der Waals surface area contributed by atoms with Gasteiger partial charge in [0.05, 0.1) is 6.26 Å². The highest BCUT2D eigenvalue weighted by atomic mass is 16.4. The summed E-state index contributed by atoms with van der Waals surface area (Å²) in [6.45, 7) is 5.23. The molecule has 92 valence electrons. The minimum absolute atomic E-state index is 0.148. The van der Waals surface area contributed by atoms with Crippen molar-refractivity contribution in [3.8, 4) is 0 Å². The zero-order valence-electron chi connectivity index (χ0n) is 9.60. The zero-order valence-corrected chi connectivity index (χ0v) is 9.60. The summed E-state index contributed by atoms with van der Waals surface area (Å²) in [4.78, 5) is 22.6. The Morgan fingerprint density at radius 2 is 2.35 bits per heavy atom. The molecule has 0 radical (unpaired) electrons. The first-order valence-electron chi connectivity index (χ1n) is 5.25. The van der Waals surface area contributed by atoms with Crippen LogP contribution < -0.4 is 5.32 Å². The lowest BCUT2D eigenvalue weighted by Gasteiger charge is -2.12. The van der Waals surface area contributed by atoms with Gasteiger partial charge in [0, 0.05) is 5.56 Å². The van der Waals surface area contributed by atoms with Crippen LogP contribution >= 0.6 is 0 Å². The molecule has 0 aromatic carbocycles. The summed E-state index contributed by atoms with van der Waals surface area (Å²) in [6, 6.07) is 0.721. The molecule has 1 aromatic rings. The van der Waals surface area contributed by atoms with Crippen molar-refractivity contribution in [2.24, 2.45) is 0 Å². The van der Waals surface area contributed by atoms with Crippen LogP contribution in [-0.2, 0) is 4.79 Å². The third-order valence-electron chi connectivity index (χ3n) is 2.33. The molecule has 0 aliphatic heterocycles. The minimum Gasteiger partial charge on any atom is -0.480 e. The highest BCUT2D eigenvalue weighted by Gasteiger charge is 2.22. The van der Waals surface area contributed by atoms with Gasteiger partial charge in [-0.1, -0.05) is 6.08 Å². The average molecular weight is 237 g/mol. The van der Waals surface area contributed by atoms with Crippen LogP contribution in [0.25, 0.3) is 0 Å². The second kappa shape index (κ2) is 5.89. The van der Waals surface area contributed by atoms with E-state index >= 15 is 0 Å². The standard InChI is InChI=1S/C12H15NO4/c1-3-4-5-9(12(15)16)13-11(14)10-8(2)6-7-17-10/h3,6-7,9H,1,4-5H2,2H3,(H,13,14)(H,15,16). The van der Waals surface area contributed by atoms with Gasteiger partial charge in [0.15, 0.2) is 5.76 Å². The first-order chi connectivity index (χ1) is 8.06. The summed E-state index contributed by atoms with van der Waals surface area (Å²) in [5.41, 5.74) is 0.676. The van der Waals surface area contributed by atoms with E-state index < -0.39 is 17.9 Å². The summed E-state index contributed by atoms with van der Waals surface area (Å²) in [5.74, 6) is -1.43. The molecule has 17 heavy (non-hydrogen) atoms. The van der Waals surface area contributed by atoms with Crippen LogP contribution in [0.2, 0.25) is 0 Å². The van der Waals surface area contributed by atoms with Crippen molar-refractivity contribution < 1.29 is 19.1 Å². The SMILES string of the molecule is C=CCCC(NC(=O)c1occc1C)C(=O)O. The van der Waals surface area contributed by atoms with Crippen molar-refractivity contribution in [3.63, 3.8) is 0 Å². The van der Waals surface area contributed by atoms with Crippen molar-refractivity contribution in [3.05, 3.63) is 36.3 Å². The number of amides is 1. The molecule has 1 heterocycles. The van der Waals surface area contributed by atoms with Crippen LogP contribution in [0.15, 0.2) is 29.4 Å². The Labute approximate surface area is 99.1 Å². The van der Waals surface area contributed by atoms with E-state index in [4.69, 9.17) is 9.52 Å². The molecule has 5 nitrogen and oxygen atoms in total. The molecular weight excluding hydrogens is 222 g/mol. The Hall–Kier alpha value is -2.04. The van der Waals surface area contributed by atoms with Gasteiger partial charge in [-0.3, -0.25) is 4.79 Å². The smallest absolute Gasteiger partial charge is 0.326 e. The summed E-state index contributed by atoms with van der Waals surface area (Å²) in [5, 5.41) is 11.4. The zero-order chi connectivity index (χ0) is 12.8. The third-order valence-corrected chi connectivity index (χ3v) is 2.33. The van der Waals surface area contributed by atoms with E-state index in [0.717, 1.165) is 0 Å².